The first-order valence-electron chi connectivity index (χ1n) is 12.6. The fourth-order valence-electron chi connectivity index (χ4n) is 6.63. The van der Waals surface area contributed by atoms with Crippen LogP contribution in [0.1, 0.15) is 31.2 Å². The molecule has 0 spiro atoms. The zero-order valence-electron chi connectivity index (χ0n) is 19.7. The van der Waals surface area contributed by atoms with Crippen LogP contribution in [-0.4, -0.2) is 53.0 Å². The van der Waals surface area contributed by atoms with Gasteiger partial charge in [0.2, 0.25) is 11.7 Å². The van der Waals surface area contributed by atoms with Crippen LogP contribution >= 0.6 is 11.3 Å². The second-order valence-electron chi connectivity index (χ2n) is 10.3. The van der Waals surface area contributed by atoms with E-state index < -0.39 is 5.79 Å². The number of nitrogens with one attached hydrogen (secondary N) is 1. The highest BCUT2D eigenvalue weighted by Crippen LogP contribution is 2.46. The van der Waals surface area contributed by atoms with Gasteiger partial charge in [-0.1, -0.05) is 18.6 Å². The highest BCUT2D eigenvalue weighted by molar-refractivity contribution is 7.16. The average Bonchev–Trinajstić information content (AvgIpc) is 3.68. The normalized spacial score (nSPS) is 31.0. The number of aromatic nitrogens is 2. The molecule has 2 aliphatic carbocycles. The summed E-state index contributed by atoms with van der Waals surface area (Å²) in [6, 6.07) is 11.2. The lowest BCUT2D eigenvalue weighted by atomic mass is 9.93. The van der Waals surface area contributed by atoms with Crippen molar-refractivity contribution in [3.63, 3.8) is 0 Å². The molecule has 9 nitrogen and oxygen atoms in total. The summed E-state index contributed by atoms with van der Waals surface area (Å²) in [5.41, 5.74) is 18.3. The Kier molecular flexibility index (Phi) is 4.99. The SMILES string of the molecule is NC1=NC(N)(c2ccc(N3CCN(C4CC5CCC4C5)CC3)cc2)NN1c1ncnc2sccc12. The van der Waals surface area contributed by atoms with Gasteiger partial charge in [0.1, 0.15) is 11.2 Å². The van der Waals surface area contributed by atoms with Crippen LogP contribution in [0.5, 0.6) is 0 Å². The molecule has 182 valence electrons. The molecule has 0 amide bonds. The number of fused-ring (bicyclic) bond motifs is 3. The number of aliphatic imine (C=N–C) groups is 1. The summed E-state index contributed by atoms with van der Waals surface area (Å²) in [7, 11) is 0. The third kappa shape index (κ3) is 3.58. The van der Waals surface area contributed by atoms with E-state index in [2.05, 4.69) is 42.3 Å². The highest BCUT2D eigenvalue weighted by atomic mass is 32.1. The van der Waals surface area contributed by atoms with Gasteiger partial charge in [-0.2, -0.15) is 5.43 Å². The van der Waals surface area contributed by atoms with Gasteiger partial charge in [0.25, 0.3) is 0 Å². The van der Waals surface area contributed by atoms with Crippen LogP contribution in [0.3, 0.4) is 0 Å². The maximum Gasteiger partial charge on any atom is 0.215 e. The number of piperazine rings is 1. The molecule has 4 heterocycles. The maximum atomic E-state index is 6.68. The number of thiophene rings is 1. The van der Waals surface area contributed by atoms with Crippen molar-refractivity contribution in [1.82, 2.24) is 20.3 Å². The topological polar surface area (TPSA) is 112 Å². The Bertz CT molecular complexity index is 1270. The molecule has 5 N–H and O–H groups in total. The number of hydrogen-bond donors (Lipinski definition) is 3. The third-order valence-electron chi connectivity index (χ3n) is 8.41. The number of nitrogens with two attached hydrogens (primary N) is 2. The van der Waals surface area contributed by atoms with Crippen molar-refractivity contribution in [2.24, 2.45) is 28.3 Å². The summed E-state index contributed by atoms with van der Waals surface area (Å²) in [5.74, 6) is 1.73. The molecule has 2 bridgehead atoms. The smallest absolute Gasteiger partial charge is 0.215 e. The van der Waals surface area contributed by atoms with E-state index in [4.69, 9.17) is 11.5 Å². The van der Waals surface area contributed by atoms with Crippen LogP contribution in [0, 0.1) is 11.8 Å². The van der Waals surface area contributed by atoms with Crippen LogP contribution in [0.15, 0.2) is 47.0 Å². The number of anilines is 2. The second-order valence-corrected chi connectivity index (χ2v) is 11.2. The van der Waals surface area contributed by atoms with Crippen molar-refractivity contribution in [2.45, 2.75) is 37.5 Å². The van der Waals surface area contributed by atoms with Crippen LogP contribution in [0.25, 0.3) is 10.2 Å². The Morgan fingerprint density at radius 2 is 1.83 bits per heavy atom. The molecule has 2 saturated carbocycles. The number of guanidine groups is 1. The number of hydrogen-bond acceptors (Lipinski definition) is 10. The first-order valence-corrected chi connectivity index (χ1v) is 13.5. The summed E-state index contributed by atoms with van der Waals surface area (Å²) < 4.78 is 0. The van der Waals surface area contributed by atoms with E-state index >= 15 is 0 Å². The quantitative estimate of drug-likeness (QED) is 0.512. The van der Waals surface area contributed by atoms with Crippen LogP contribution < -0.4 is 26.8 Å². The van der Waals surface area contributed by atoms with Gasteiger partial charge in [-0.15, -0.1) is 11.3 Å². The Labute approximate surface area is 208 Å². The van der Waals surface area contributed by atoms with Crippen LogP contribution in [-0.2, 0) is 5.79 Å². The van der Waals surface area contributed by atoms with Crippen LogP contribution in [0.4, 0.5) is 11.5 Å². The molecule has 35 heavy (non-hydrogen) atoms. The predicted molar refractivity (Wildman–Crippen MR) is 140 cm³/mol. The molecule has 1 saturated heterocycles. The van der Waals surface area contributed by atoms with Gasteiger partial charge in [-0.25, -0.2) is 20.0 Å². The lowest BCUT2D eigenvalue weighted by Gasteiger charge is -2.42. The summed E-state index contributed by atoms with van der Waals surface area (Å²) in [6.07, 6.45) is 7.35. The summed E-state index contributed by atoms with van der Waals surface area (Å²) in [4.78, 5) is 19.4. The average molecular weight is 490 g/mol. The van der Waals surface area contributed by atoms with E-state index in [-0.39, 0.29) is 5.96 Å². The van der Waals surface area contributed by atoms with Gasteiger partial charge < -0.3 is 10.6 Å². The molecule has 0 radical (unpaired) electrons. The summed E-state index contributed by atoms with van der Waals surface area (Å²) in [5, 5.41) is 4.55. The third-order valence-corrected chi connectivity index (χ3v) is 9.23. The maximum absolute atomic E-state index is 6.68. The first kappa shape index (κ1) is 21.5. The Balaban J connectivity index is 1.04. The van der Waals surface area contributed by atoms with Gasteiger partial charge in [-0.3, -0.25) is 10.6 Å². The van der Waals surface area contributed by atoms with Crippen molar-refractivity contribution >= 4 is 39.0 Å². The molecule has 2 aromatic heterocycles. The predicted octanol–water partition coefficient (Wildman–Crippen LogP) is 2.41. The summed E-state index contributed by atoms with van der Waals surface area (Å²) in [6.45, 7) is 4.46. The molecule has 4 atom stereocenters. The molecule has 10 heteroatoms. The van der Waals surface area contributed by atoms with E-state index in [1.807, 2.05) is 23.6 Å². The zero-order chi connectivity index (χ0) is 23.6. The molecule has 4 aliphatic rings. The van der Waals surface area contributed by atoms with Crippen molar-refractivity contribution < 1.29 is 0 Å². The van der Waals surface area contributed by atoms with E-state index in [9.17, 15) is 0 Å². The highest BCUT2D eigenvalue weighted by Gasteiger charge is 2.43. The zero-order valence-corrected chi connectivity index (χ0v) is 20.5. The van der Waals surface area contributed by atoms with E-state index in [1.54, 1.807) is 16.3 Å². The minimum absolute atomic E-state index is 0.277. The van der Waals surface area contributed by atoms with Crippen molar-refractivity contribution in [3.05, 3.63) is 47.6 Å². The molecule has 7 rings (SSSR count). The molecule has 2 aliphatic heterocycles. The number of hydrazine groups is 1. The molecule has 1 aromatic carbocycles. The van der Waals surface area contributed by atoms with Gasteiger partial charge in [0, 0.05) is 43.5 Å². The molecule has 3 fully saturated rings. The van der Waals surface area contributed by atoms with Gasteiger partial charge >= 0.3 is 0 Å². The molecule has 4 unspecified atom stereocenters. The van der Waals surface area contributed by atoms with E-state index in [0.717, 1.165) is 59.8 Å². The Morgan fingerprint density at radius 1 is 1.00 bits per heavy atom. The number of benzene rings is 1. The lowest BCUT2D eigenvalue weighted by Crippen LogP contribution is -2.53. The van der Waals surface area contributed by atoms with Gasteiger partial charge in [0.15, 0.2) is 5.82 Å². The number of rotatable bonds is 4. The molecule has 3 aromatic rings. The second kappa shape index (κ2) is 8.12. The monoisotopic (exact) mass is 489 g/mol. The van der Waals surface area contributed by atoms with Crippen molar-refractivity contribution in [1.29, 1.82) is 0 Å². The summed E-state index contributed by atoms with van der Waals surface area (Å²) >= 11 is 1.56. The van der Waals surface area contributed by atoms with Gasteiger partial charge in [0.05, 0.1) is 5.39 Å². The van der Waals surface area contributed by atoms with Crippen molar-refractivity contribution in [3.8, 4) is 0 Å². The van der Waals surface area contributed by atoms with Crippen LogP contribution in [0.2, 0.25) is 0 Å². The largest absolute Gasteiger partial charge is 0.369 e. The van der Waals surface area contributed by atoms with Crippen molar-refractivity contribution in [2.75, 3.05) is 36.1 Å². The fourth-order valence-corrected chi connectivity index (χ4v) is 7.35. The van der Waals surface area contributed by atoms with Gasteiger partial charge in [-0.05, 0) is 54.7 Å². The molecular weight excluding hydrogens is 458 g/mol. The first-order chi connectivity index (χ1) is 17.1. The number of nitrogens with zero attached hydrogens (tertiary/aromatic N) is 6. The molecular formula is C25H31N9S. The fraction of sp³-hybridized carbons (Fsp3) is 0.480. The van der Waals surface area contributed by atoms with E-state index in [0.29, 0.717) is 5.82 Å². The standard InChI is InChI=1S/C25H31N9S/c26-24-30-25(27,31-34(24)22-20-7-12-35-23(20)29-15-28-22)18-3-5-19(6-4-18)32-8-10-33(11-9-32)21-14-16-1-2-17(21)13-16/h3-7,12,15-17,21,31H,1-2,8-11,13-14,27H2,(H2,26,30). The Morgan fingerprint density at radius 3 is 2.57 bits per heavy atom. The minimum Gasteiger partial charge on any atom is -0.369 e. The van der Waals surface area contributed by atoms with E-state index in [1.165, 1.54) is 37.7 Å². The minimum atomic E-state index is -1.16. The Hall–Kier alpha value is -2.79. The lowest BCUT2D eigenvalue weighted by molar-refractivity contribution is 0.135.